The molecule has 10 heteroatoms. The quantitative estimate of drug-likeness (QED) is 0.248. The highest BCUT2D eigenvalue weighted by Crippen LogP contribution is 2.33. The van der Waals surface area contributed by atoms with Crippen LogP contribution in [0.5, 0.6) is 0 Å². The Morgan fingerprint density at radius 2 is 1.84 bits per heavy atom. The van der Waals surface area contributed by atoms with Gasteiger partial charge in [-0.2, -0.15) is 5.10 Å². The SMILES string of the molecule is O=C(Nc1cncc(-c2ccc3[nH]nc(-c4nc5c(-c6cccs6)cncc5[nH]4)c3n2)c1)C1CCCCC1. The topological polar surface area (TPSA) is 125 Å². The fourth-order valence-electron chi connectivity index (χ4n) is 5.14. The molecule has 3 N–H and O–H groups in total. The molecule has 0 bridgehead atoms. The molecule has 6 heterocycles. The van der Waals surface area contributed by atoms with Gasteiger partial charge in [-0.1, -0.05) is 25.3 Å². The largest absolute Gasteiger partial charge is 0.335 e. The molecule has 0 saturated heterocycles. The van der Waals surface area contributed by atoms with Crippen molar-refractivity contribution < 1.29 is 4.79 Å². The van der Waals surface area contributed by atoms with Crippen molar-refractivity contribution in [1.29, 1.82) is 0 Å². The van der Waals surface area contributed by atoms with Crippen LogP contribution < -0.4 is 5.32 Å². The van der Waals surface area contributed by atoms with E-state index < -0.39 is 0 Å². The highest BCUT2D eigenvalue weighted by Gasteiger charge is 2.22. The number of aromatic nitrogens is 7. The van der Waals surface area contributed by atoms with Crippen LogP contribution in [-0.4, -0.2) is 41.0 Å². The number of H-pyrrole nitrogens is 2. The number of thiophene rings is 1. The highest BCUT2D eigenvalue weighted by molar-refractivity contribution is 7.13. The molecule has 38 heavy (non-hydrogen) atoms. The van der Waals surface area contributed by atoms with E-state index in [9.17, 15) is 4.79 Å². The average Bonchev–Trinajstić information content (AvgIpc) is 3.73. The standard InChI is InChI=1S/C28H24N8OS/c37-28(16-5-2-1-3-6-16)31-18-11-17(12-29-13-18)20-8-9-21-25(32-20)26(36-35-21)27-33-22-15-30-14-19(24(22)34-27)23-7-4-10-38-23/h4,7-16H,1-3,5-6H2,(H,31,37)(H,33,34)(H,35,36). The Morgan fingerprint density at radius 3 is 2.71 bits per heavy atom. The molecule has 0 unspecified atom stereocenters. The molecule has 1 saturated carbocycles. The number of nitrogens with zero attached hydrogens (tertiary/aromatic N) is 5. The Labute approximate surface area is 221 Å². The molecule has 0 radical (unpaired) electrons. The lowest BCUT2D eigenvalue weighted by molar-refractivity contribution is -0.120. The molecular formula is C28H24N8OS. The molecule has 0 aromatic carbocycles. The van der Waals surface area contributed by atoms with Crippen LogP contribution in [0.1, 0.15) is 32.1 Å². The predicted molar refractivity (Wildman–Crippen MR) is 149 cm³/mol. The first-order chi connectivity index (χ1) is 18.7. The number of carbonyl (C=O) groups excluding carboxylic acids is 1. The number of aromatic amines is 2. The molecule has 0 aliphatic heterocycles. The van der Waals surface area contributed by atoms with Crippen LogP contribution in [0.2, 0.25) is 0 Å². The minimum Gasteiger partial charge on any atom is -0.335 e. The van der Waals surface area contributed by atoms with Crippen molar-refractivity contribution in [3.63, 3.8) is 0 Å². The first-order valence-corrected chi connectivity index (χ1v) is 13.6. The van der Waals surface area contributed by atoms with Crippen molar-refractivity contribution >= 4 is 45.0 Å². The Balaban J connectivity index is 1.23. The third kappa shape index (κ3) is 4.12. The summed E-state index contributed by atoms with van der Waals surface area (Å²) in [6.07, 6.45) is 12.4. The van der Waals surface area contributed by atoms with Crippen molar-refractivity contribution in [3.05, 3.63) is 60.5 Å². The monoisotopic (exact) mass is 520 g/mol. The van der Waals surface area contributed by atoms with Gasteiger partial charge in [0.25, 0.3) is 0 Å². The van der Waals surface area contributed by atoms with E-state index >= 15 is 0 Å². The Kier molecular flexibility index (Phi) is 5.66. The molecule has 1 aliphatic rings. The molecule has 1 amide bonds. The van der Waals surface area contributed by atoms with E-state index in [1.807, 2.05) is 35.8 Å². The number of hydrogen-bond donors (Lipinski definition) is 3. The summed E-state index contributed by atoms with van der Waals surface area (Å²) in [6, 6.07) is 9.87. The van der Waals surface area contributed by atoms with Crippen molar-refractivity contribution in [3.8, 4) is 33.2 Å². The first kappa shape index (κ1) is 22.7. The highest BCUT2D eigenvalue weighted by atomic mass is 32.1. The molecule has 0 atom stereocenters. The van der Waals surface area contributed by atoms with Crippen LogP contribution in [0.15, 0.2) is 60.5 Å². The number of rotatable bonds is 5. The maximum absolute atomic E-state index is 12.7. The van der Waals surface area contributed by atoms with Crippen molar-refractivity contribution in [1.82, 2.24) is 35.1 Å². The lowest BCUT2D eigenvalue weighted by Crippen LogP contribution is -2.24. The Hall–Kier alpha value is -4.44. The minimum atomic E-state index is 0.0745. The lowest BCUT2D eigenvalue weighted by atomic mass is 9.88. The fraction of sp³-hybridized carbons (Fsp3) is 0.214. The minimum absolute atomic E-state index is 0.0745. The number of fused-ring (bicyclic) bond motifs is 2. The van der Waals surface area contributed by atoms with Gasteiger partial charge in [0.1, 0.15) is 11.0 Å². The van der Waals surface area contributed by atoms with Gasteiger partial charge in [-0.05, 0) is 42.5 Å². The number of imidazole rings is 1. The second-order valence-corrected chi connectivity index (χ2v) is 10.5. The summed E-state index contributed by atoms with van der Waals surface area (Å²) in [5.74, 6) is 0.772. The van der Waals surface area contributed by atoms with Gasteiger partial charge in [-0.15, -0.1) is 11.3 Å². The summed E-state index contributed by atoms with van der Waals surface area (Å²) in [5.41, 5.74) is 7.01. The van der Waals surface area contributed by atoms with Crippen LogP contribution >= 0.6 is 11.3 Å². The Morgan fingerprint density at radius 1 is 0.947 bits per heavy atom. The number of hydrogen-bond acceptors (Lipinski definition) is 7. The summed E-state index contributed by atoms with van der Waals surface area (Å²) >= 11 is 1.65. The van der Waals surface area contributed by atoms with Gasteiger partial charge in [-0.3, -0.25) is 19.9 Å². The zero-order chi connectivity index (χ0) is 25.5. The lowest BCUT2D eigenvalue weighted by Gasteiger charge is -2.20. The number of anilines is 1. The van der Waals surface area contributed by atoms with Crippen LogP contribution in [0.25, 0.3) is 55.3 Å². The summed E-state index contributed by atoms with van der Waals surface area (Å²) in [4.78, 5) is 35.8. The third-order valence-electron chi connectivity index (χ3n) is 7.09. The molecule has 1 fully saturated rings. The summed E-state index contributed by atoms with van der Waals surface area (Å²) in [7, 11) is 0. The zero-order valence-electron chi connectivity index (χ0n) is 20.4. The van der Waals surface area contributed by atoms with Gasteiger partial charge >= 0.3 is 0 Å². The number of carbonyl (C=O) groups is 1. The maximum atomic E-state index is 12.7. The Bertz CT molecular complexity index is 1760. The van der Waals surface area contributed by atoms with Crippen LogP contribution in [0.3, 0.4) is 0 Å². The van der Waals surface area contributed by atoms with Gasteiger partial charge < -0.3 is 10.3 Å². The molecule has 6 aromatic rings. The first-order valence-electron chi connectivity index (χ1n) is 12.7. The third-order valence-corrected chi connectivity index (χ3v) is 7.99. The van der Waals surface area contributed by atoms with E-state index in [-0.39, 0.29) is 11.8 Å². The average molecular weight is 521 g/mol. The number of pyridine rings is 3. The molecule has 188 valence electrons. The second kappa shape index (κ2) is 9.46. The van der Waals surface area contributed by atoms with Gasteiger partial charge in [0.15, 0.2) is 11.5 Å². The number of nitrogens with one attached hydrogen (secondary N) is 3. The van der Waals surface area contributed by atoms with Crippen molar-refractivity contribution in [2.75, 3.05) is 5.32 Å². The van der Waals surface area contributed by atoms with E-state index in [1.165, 1.54) is 6.42 Å². The normalized spacial score (nSPS) is 14.3. The van der Waals surface area contributed by atoms with Crippen LogP contribution in [0, 0.1) is 5.92 Å². The van der Waals surface area contributed by atoms with E-state index in [2.05, 4.69) is 36.5 Å². The molecule has 7 rings (SSSR count). The van der Waals surface area contributed by atoms with Crippen molar-refractivity contribution in [2.24, 2.45) is 5.92 Å². The van der Waals surface area contributed by atoms with Gasteiger partial charge in [0.2, 0.25) is 5.91 Å². The second-order valence-electron chi connectivity index (χ2n) is 9.60. The summed E-state index contributed by atoms with van der Waals surface area (Å²) in [6.45, 7) is 0. The summed E-state index contributed by atoms with van der Waals surface area (Å²) in [5, 5.41) is 12.7. The van der Waals surface area contributed by atoms with E-state index in [1.54, 1.807) is 29.9 Å². The van der Waals surface area contributed by atoms with Gasteiger partial charge in [0, 0.05) is 34.3 Å². The van der Waals surface area contributed by atoms with Crippen molar-refractivity contribution in [2.45, 2.75) is 32.1 Å². The van der Waals surface area contributed by atoms with Gasteiger partial charge in [0.05, 0.1) is 34.8 Å². The fourth-order valence-corrected chi connectivity index (χ4v) is 5.88. The van der Waals surface area contributed by atoms with Gasteiger partial charge in [-0.25, -0.2) is 9.97 Å². The molecule has 9 nitrogen and oxygen atoms in total. The van der Waals surface area contributed by atoms with E-state index in [0.717, 1.165) is 63.9 Å². The zero-order valence-corrected chi connectivity index (χ0v) is 21.3. The predicted octanol–water partition coefficient (Wildman–Crippen LogP) is 6.21. The molecular weight excluding hydrogens is 496 g/mol. The summed E-state index contributed by atoms with van der Waals surface area (Å²) < 4.78 is 0. The van der Waals surface area contributed by atoms with Crippen LogP contribution in [-0.2, 0) is 4.79 Å². The van der Waals surface area contributed by atoms with E-state index in [0.29, 0.717) is 22.7 Å². The molecule has 1 aliphatic carbocycles. The van der Waals surface area contributed by atoms with Crippen LogP contribution in [0.4, 0.5) is 5.69 Å². The smallest absolute Gasteiger partial charge is 0.227 e. The maximum Gasteiger partial charge on any atom is 0.227 e. The molecule has 0 spiro atoms. The molecule has 6 aromatic heterocycles. The van der Waals surface area contributed by atoms with E-state index in [4.69, 9.17) is 9.97 Å². The number of amides is 1.